The molecule has 2 heterocycles. The van der Waals surface area contributed by atoms with Gasteiger partial charge in [-0.25, -0.2) is 9.36 Å². The minimum atomic E-state index is -4.20. The summed E-state index contributed by atoms with van der Waals surface area (Å²) >= 11 is 0. The number of carbonyl (C=O) groups excluding carboxylic acids is 1. The van der Waals surface area contributed by atoms with Crippen LogP contribution in [0.25, 0.3) is 10.4 Å². The summed E-state index contributed by atoms with van der Waals surface area (Å²) in [6.45, 7) is 4.74. The highest BCUT2D eigenvalue weighted by Gasteiger charge is 2.40. The van der Waals surface area contributed by atoms with Crippen LogP contribution in [-0.4, -0.2) is 47.4 Å². The van der Waals surface area contributed by atoms with Gasteiger partial charge in [0.1, 0.15) is 18.0 Å². The van der Waals surface area contributed by atoms with E-state index in [1.807, 2.05) is 12.1 Å². The monoisotopic (exact) mass is 578 g/mol. The molecule has 14 nitrogen and oxygen atoms in total. The third-order valence-electron chi connectivity index (χ3n) is 6.39. The zero-order valence-electron chi connectivity index (χ0n) is 22.9. The topological polar surface area (TPSA) is 187 Å². The largest absolute Gasteiger partial charge is 0.468 e. The van der Waals surface area contributed by atoms with Gasteiger partial charge in [-0.15, -0.1) is 0 Å². The molecule has 1 aliphatic heterocycles. The molecule has 3 rings (SSSR count). The molecule has 40 heavy (non-hydrogen) atoms. The normalized spacial score (nSPS) is 20.8. The van der Waals surface area contributed by atoms with E-state index in [1.54, 1.807) is 12.1 Å². The highest BCUT2D eigenvalue weighted by Crippen LogP contribution is 2.46. The number of carbonyl (C=O) groups is 1. The Kier molecular flexibility index (Phi) is 11.1. The molecule has 0 amide bonds. The Morgan fingerprint density at radius 2 is 2.05 bits per heavy atom. The number of aryl methyl sites for hydroxylation is 2. The number of aromatic amines is 1. The Balaban J connectivity index is 1.78. The molecular weight excluding hydrogens is 543 g/mol. The number of rotatable bonds is 14. The maximum Gasteiger partial charge on any atom is 0.459 e. The lowest BCUT2D eigenvalue weighted by Crippen LogP contribution is -2.36. The smallest absolute Gasteiger partial charge is 0.459 e. The fraction of sp³-hybridized carbons (Fsp3) is 0.560. The Morgan fingerprint density at radius 1 is 1.32 bits per heavy atom. The van der Waals surface area contributed by atoms with Gasteiger partial charge in [-0.3, -0.25) is 23.7 Å². The number of hydrogen-bond donors (Lipinski definition) is 2. The lowest BCUT2D eigenvalue weighted by atomic mass is 10.1. The Labute approximate surface area is 231 Å². The molecule has 0 saturated carbocycles. The van der Waals surface area contributed by atoms with E-state index in [-0.39, 0.29) is 18.8 Å². The predicted octanol–water partition coefficient (Wildman–Crippen LogP) is 3.90. The molecule has 0 aliphatic carbocycles. The van der Waals surface area contributed by atoms with Crippen molar-refractivity contribution in [2.75, 3.05) is 13.7 Å². The average molecular weight is 579 g/mol. The van der Waals surface area contributed by atoms with Crippen LogP contribution in [0.5, 0.6) is 5.75 Å². The van der Waals surface area contributed by atoms with Crippen LogP contribution in [0, 0.1) is 6.92 Å². The van der Waals surface area contributed by atoms with Crippen LogP contribution in [0.4, 0.5) is 0 Å². The number of hydrogen-bond acceptors (Lipinski definition) is 9. The predicted molar refractivity (Wildman–Crippen MR) is 146 cm³/mol. The second-order valence-corrected chi connectivity index (χ2v) is 11.2. The minimum Gasteiger partial charge on any atom is -0.468 e. The highest BCUT2D eigenvalue weighted by molar-refractivity contribution is 7.52. The molecule has 5 unspecified atom stereocenters. The maximum absolute atomic E-state index is 13.8. The highest BCUT2D eigenvalue weighted by atomic mass is 31.2. The number of methoxy groups -OCH3 is 1. The summed E-state index contributed by atoms with van der Waals surface area (Å²) in [5, 5.41) is 6.31. The number of azide groups is 1. The van der Waals surface area contributed by atoms with Gasteiger partial charge in [0, 0.05) is 23.1 Å². The number of nitrogens with zero attached hydrogens (tertiary/aromatic N) is 4. The van der Waals surface area contributed by atoms with Gasteiger partial charge in [0.15, 0.2) is 0 Å². The second kappa shape index (κ2) is 14.3. The quantitative estimate of drug-likeness (QED) is 0.0837. The van der Waals surface area contributed by atoms with Gasteiger partial charge in [-0.2, -0.15) is 5.09 Å². The van der Waals surface area contributed by atoms with Crippen LogP contribution >= 0.6 is 7.75 Å². The van der Waals surface area contributed by atoms with Crippen LogP contribution in [-0.2, 0) is 29.8 Å². The van der Waals surface area contributed by atoms with Crippen molar-refractivity contribution < 1.29 is 27.9 Å². The van der Waals surface area contributed by atoms with Crippen molar-refractivity contribution in [2.24, 2.45) is 5.11 Å². The second-order valence-electron chi connectivity index (χ2n) is 9.48. The van der Waals surface area contributed by atoms with E-state index in [1.165, 1.54) is 31.7 Å². The molecule has 0 radical (unpaired) electrons. The van der Waals surface area contributed by atoms with E-state index < -0.39 is 49.4 Å². The van der Waals surface area contributed by atoms with E-state index >= 15 is 0 Å². The van der Waals surface area contributed by atoms with Gasteiger partial charge < -0.3 is 14.0 Å². The van der Waals surface area contributed by atoms with Crippen LogP contribution in [0.15, 0.2) is 45.2 Å². The Morgan fingerprint density at radius 3 is 2.70 bits per heavy atom. The van der Waals surface area contributed by atoms with Gasteiger partial charge in [-0.1, -0.05) is 37.0 Å². The third kappa shape index (κ3) is 8.30. The van der Waals surface area contributed by atoms with Crippen LogP contribution in [0.3, 0.4) is 0 Å². The van der Waals surface area contributed by atoms with Crippen molar-refractivity contribution in [3.8, 4) is 5.75 Å². The number of benzene rings is 1. The summed E-state index contributed by atoms with van der Waals surface area (Å²) in [6, 6.07) is 5.23. The van der Waals surface area contributed by atoms with Crippen molar-refractivity contribution in [3.63, 3.8) is 0 Å². The molecule has 218 valence electrons. The number of H-pyrrole nitrogens is 1. The number of aromatic nitrogens is 2. The SMILES string of the molecule is CCCCCc1ccc(OP(=O)(NC(C)C(=O)OC)OCC2OC(n3cc(C)c(=O)[nH]c3=O)CC2N=[N+]=[N-])cc1. The molecule has 0 spiro atoms. The summed E-state index contributed by atoms with van der Waals surface area (Å²) in [5.74, 6) is -0.435. The molecular formula is C25H35N6O8P. The van der Waals surface area contributed by atoms with Crippen LogP contribution in [0.1, 0.15) is 56.9 Å². The fourth-order valence-electron chi connectivity index (χ4n) is 4.19. The summed E-state index contributed by atoms with van der Waals surface area (Å²) in [6.07, 6.45) is 3.83. The number of ether oxygens (including phenoxy) is 2. The van der Waals surface area contributed by atoms with E-state index in [0.717, 1.165) is 31.2 Å². The first-order valence-corrected chi connectivity index (χ1v) is 14.5. The molecule has 0 bridgehead atoms. The summed E-state index contributed by atoms with van der Waals surface area (Å²) in [5.41, 5.74) is 9.23. The van der Waals surface area contributed by atoms with E-state index in [4.69, 9.17) is 24.1 Å². The molecule has 1 aromatic heterocycles. The van der Waals surface area contributed by atoms with Crippen molar-refractivity contribution in [3.05, 3.63) is 72.9 Å². The van der Waals surface area contributed by atoms with Crippen molar-refractivity contribution in [1.29, 1.82) is 0 Å². The zero-order valence-corrected chi connectivity index (χ0v) is 23.8. The number of nitrogens with one attached hydrogen (secondary N) is 2. The zero-order chi connectivity index (χ0) is 29.3. The van der Waals surface area contributed by atoms with E-state index in [2.05, 4.69) is 27.0 Å². The molecule has 1 saturated heterocycles. The van der Waals surface area contributed by atoms with Gasteiger partial charge in [0.05, 0.1) is 25.9 Å². The Bertz CT molecular complexity index is 1370. The lowest BCUT2D eigenvalue weighted by Gasteiger charge is -2.24. The van der Waals surface area contributed by atoms with Gasteiger partial charge in [-0.05, 0) is 49.9 Å². The molecule has 15 heteroatoms. The maximum atomic E-state index is 13.8. The molecule has 1 aliphatic rings. The summed E-state index contributed by atoms with van der Waals surface area (Å²) in [7, 11) is -3.00. The van der Waals surface area contributed by atoms with Gasteiger partial charge in [0.2, 0.25) is 0 Å². The molecule has 1 aromatic carbocycles. The minimum absolute atomic E-state index is 0.0973. The standard InChI is InChI=1S/C25H35N6O8P/c1-5-6-7-8-18-9-11-19(12-10-18)39-40(35,29-17(3)24(33)36-4)37-15-21-20(28-30-26)13-22(38-21)31-14-16(2)23(32)27-25(31)34/h9-12,14,17,20-22H,5-8,13,15H2,1-4H3,(H,29,35)(H,27,32,34). The van der Waals surface area contributed by atoms with E-state index in [9.17, 15) is 18.9 Å². The van der Waals surface area contributed by atoms with Gasteiger partial charge in [0.25, 0.3) is 5.56 Å². The molecule has 5 atom stereocenters. The molecule has 1 fully saturated rings. The number of esters is 1. The lowest BCUT2D eigenvalue weighted by molar-refractivity contribution is -0.142. The third-order valence-corrected chi connectivity index (χ3v) is 8.04. The first kappa shape index (κ1) is 31.1. The van der Waals surface area contributed by atoms with Crippen molar-refractivity contribution in [1.82, 2.24) is 14.6 Å². The van der Waals surface area contributed by atoms with Crippen LogP contribution in [0.2, 0.25) is 0 Å². The first-order valence-electron chi connectivity index (χ1n) is 13.0. The van der Waals surface area contributed by atoms with Crippen molar-refractivity contribution in [2.45, 2.75) is 77.3 Å². The average Bonchev–Trinajstić information content (AvgIpc) is 3.32. The summed E-state index contributed by atoms with van der Waals surface area (Å²) in [4.78, 5) is 41.2. The van der Waals surface area contributed by atoms with E-state index in [0.29, 0.717) is 5.56 Å². The van der Waals surface area contributed by atoms with Gasteiger partial charge >= 0.3 is 19.4 Å². The number of unbranched alkanes of at least 4 members (excludes halogenated alkanes) is 2. The Hall–Kier alpha value is -3.41. The van der Waals surface area contributed by atoms with Crippen LogP contribution < -0.4 is 20.9 Å². The first-order chi connectivity index (χ1) is 19.1. The molecule has 2 aromatic rings. The molecule has 2 N–H and O–H groups in total. The fourth-order valence-corrected chi connectivity index (χ4v) is 5.69. The van der Waals surface area contributed by atoms with Crippen molar-refractivity contribution >= 4 is 13.7 Å². The summed E-state index contributed by atoms with van der Waals surface area (Å²) < 4.78 is 37.0.